The summed E-state index contributed by atoms with van der Waals surface area (Å²) >= 11 is 3.43. The normalized spacial score (nSPS) is 15.3. The number of aryl methyl sites for hydroxylation is 1. The molecule has 3 rings (SSSR count). The quantitative estimate of drug-likeness (QED) is 0.490. The van der Waals surface area contributed by atoms with Crippen LogP contribution in [0.4, 0.5) is 5.69 Å². The number of amides is 2. The van der Waals surface area contributed by atoms with Crippen LogP contribution < -0.4 is 9.62 Å². The summed E-state index contributed by atoms with van der Waals surface area (Å²) in [5.74, 6) is -0.655. The molecule has 1 aliphatic rings. The Kier molecular flexibility index (Phi) is 9.35. The van der Waals surface area contributed by atoms with Crippen molar-refractivity contribution in [3.8, 4) is 0 Å². The number of hydrogen-bond acceptors (Lipinski definition) is 4. The highest BCUT2D eigenvalue weighted by Crippen LogP contribution is 2.25. The van der Waals surface area contributed by atoms with E-state index in [9.17, 15) is 18.0 Å². The van der Waals surface area contributed by atoms with Crippen LogP contribution >= 0.6 is 15.9 Å². The van der Waals surface area contributed by atoms with E-state index < -0.39 is 28.5 Å². The number of benzene rings is 2. The molecule has 0 bridgehead atoms. The zero-order valence-electron chi connectivity index (χ0n) is 20.5. The first kappa shape index (κ1) is 27.2. The third-order valence-corrected chi connectivity index (χ3v) is 8.45. The molecule has 0 aliphatic heterocycles. The minimum Gasteiger partial charge on any atom is -0.352 e. The molecule has 1 saturated carbocycles. The van der Waals surface area contributed by atoms with Crippen LogP contribution in [0.15, 0.2) is 53.0 Å². The van der Waals surface area contributed by atoms with Crippen molar-refractivity contribution in [2.24, 2.45) is 0 Å². The van der Waals surface area contributed by atoms with E-state index in [-0.39, 0.29) is 18.5 Å². The van der Waals surface area contributed by atoms with E-state index in [1.165, 1.54) is 11.3 Å². The molecular weight excluding hydrogens is 530 g/mol. The van der Waals surface area contributed by atoms with Crippen molar-refractivity contribution >= 4 is 43.5 Å². The molecule has 1 atom stereocenters. The molecule has 1 fully saturated rings. The maximum atomic E-state index is 13.6. The Labute approximate surface area is 217 Å². The molecule has 2 aromatic carbocycles. The first-order valence-electron chi connectivity index (χ1n) is 11.9. The van der Waals surface area contributed by atoms with Gasteiger partial charge in [-0.3, -0.25) is 13.9 Å². The summed E-state index contributed by atoms with van der Waals surface area (Å²) in [6.07, 6.45) is 6.31. The Bertz CT molecular complexity index is 1130. The van der Waals surface area contributed by atoms with Gasteiger partial charge in [0.1, 0.15) is 12.6 Å². The molecule has 190 valence electrons. The predicted octanol–water partition coefficient (Wildman–Crippen LogP) is 4.39. The van der Waals surface area contributed by atoms with Crippen molar-refractivity contribution in [3.05, 3.63) is 64.1 Å². The molecule has 2 amide bonds. The summed E-state index contributed by atoms with van der Waals surface area (Å²) in [5, 5.41) is 3.10. The Hall–Kier alpha value is -2.39. The van der Waals surface area contributed by atoms with Gasteiger partial charge >= 0.3 is 0 Å². The summed E-state index contributed by atoms with van der Waals surface area (Å²) < 4.78 is 27.3. The van der Waals surface area contributed by atoms with Crippen LogP contribution in [0.1, 0.15) is 50.2 Å². The molecule has 0 radical (unpaired) electrons. The average Bonchev–Trinajstić information content (AvgIpc) is 2.83. The van der Waals surface area contributed by atoms with Crippen LogP contribution in [0.3, 0.4) is 0 Å². The minimum atomic E-state index is -3.75. The smallest absolute Gasteiger partial charge is 0.244 e. The van der Waals surface area contributed by atoms with E-state index in [0.29, 0.717) is 5.69 Å². The molecule has 1 unspecified atom stereocenters. The Morgan fingerprint density at radius 2 is 1.74 bits per heavy atom. The lowest BCUT2D eigenvalue weighted by Gasteiger charge is -2.33. The second-order valence-corrected chi connectivity index (χ2v) is 12.0. The van der Waals surface area contributed by atoms with Gasteiger partial charge in [0.25, 0.3) is 0 Å². The second-order valence-electron chi connectivity index (χ2n) is 9.23. The zero-order chi connectivity index (χ0) is 25.6. The average molecular weight is 565 g/mol. The number of sulfonamides is 1. The molecule has 1 aliphatic carbocycles. The number of nitrogens with zero attached hydrogens (tertiary/aromatic N) is 2. The Morgan fingerprint density at radius 3 is 2.34 bits per heavy atom. The van der Waals surface area contributed by atoms with Gasteiger partial charge in [-0.1, -0.05) is 65.5 Å². The fourth-order valence-electron chi connectivity index (χ4n) is 4.33. The third kappa shape index (κ3) is 7.54. The van der Waals surface area contributed by atoms with Crippen LogP contribution in [0, 0.1) is 6.92 Å². The van der Waals surface area contributed by atoms with Crippen molar-refractivity contribution in [1.29, 1.82) is 0 Å². The molecule has 0 heterocycles. The molecule has 1 N–H and O–H groups in total. The van der Waals surface area contributed by atoms with Gasteiger partial charge in [-0.15, -0.1) is 0 Å². The molecule has 0 saturated heterocycles. The SMILES string of the molecule is Cc1cc(N(CC(=O)N(Cc2ccccc2)C(C)C(=O)NC2CCCCC2)S(C)(=O)=O)ccc1Br. The highest BCUT2D eigenvalue weighted by Gasteiger charge is 2.31. The van der Waals surface area contributed by atoms with Crippen molar-refractivity contribution in [2.45, 2.75) is 64.6 Å². The number of rotatable bonds is 9. The van der Waals surface area contributed by atoms with Crippen LogP contribution in [0.5, 0.6) is 0 Å². The van der Waals surface area contributed by atoms with Crippen molar-refractivity contribution in [3.63, 3.8) is 0 Å². The monoisotopic (exact) mass is 563 g/mol. The van der Waals surface area contributed by atoms with E-state index in [4.69, 9.17) is 0 Å². The van der Waals surface area contributed by atoms with Crippen molar-refractivity contribution in [1.82, 2.24) is 10.2 Å². The molecule has 0 aromatic heterocycles. The first-order valence-corrected chi connectivity index (χ1v) is 14.6. The fraction of sp³-hybridized carbons (Fsp3) is 0.462. The summed E-state index contributed by atoms with van der Waals surface area (Å²) in [4.78, 5) is 28.2. The lowest BCUT2D eigenvalue weighted by atomic mass is 9.95. The fourth-order valence-corrected chi connectivity index (χ4v) is 5.42. The van der Waals surface area contributed by atoms with Gasteiger partial charge in [0.2, 0.25) is 21.8 Å². The maximum Gasteiger partial charge on any atom is 0.244 e. The van der Waals surface area contributed by atoms with E-state index in [0.717, 1.165) is 51.8 Å². The minimum absolute atomic E-state index is 0.116. The summed E-state index contributed by atoms with van der Waals surface area (Å²) in [6.45, 7) is 3.37. The molecule has 9 heteroatoms. The molecule has 35 heavy (non-hydrogen) atoms. The van der Waals surface area contributed by atoms with Gasteiger partial charge in [0.15, 0.2) is 0 Å². The van der Waals surface area contributed by atoms with Crippen LogP contribution in [0.2, 0.25) is 0 Å². The third-order valence-electron chi connectivity index (χ3n) is 6.42. The van der Waals surface area contributed by atoms with Crippen molar-refractivity contribution < 1.29 is 18.0 Å². The molecule has 0 spiro atoms. The first-order chi connectivity index (χ1) is 16.6. The van der Waals surface area contributed by atoms with Crippen LogP contribution in [-0.4, -0.2) is 50.0 Å². The van der Waals surface area contributed by atoms with Crippen LogP contribution in [-0.2, 0) is 26.2 Å². The molecular formula is C26H34BrN3O4S. The van der Waals surface area contributed by atoms with Crippen molar-refractivity contribution in [2.75, 3.05) is 17.1 Å². The molecule has 2 aromatic rings. The summed E-state index contributed by atoms with van der Waals surface area (Å²) in [6, 6.07) is 13.9. The number of halogens is 1. The van der Waals surface area contributed by atoms with E-state index in [2.05, 4.69) is 21.2 Å². The second kappa shape index (κ2) is 12.0. The lowest BCUT2D eigenvalue weighted by molar-refractivity contribution is -0.139. The van der Waals surface area contributed by atoms with Gasteiger partial charge in [-0.25, -0.2) is 8.42 Å². The van der Waals surface area contributed by atoms with Gasteiger partial charge in [0, 0.05) is 17.1 Å². The largest absolute Gasteiger partial charge is 0.352 e. The van der Waals surface area contributed by atoms with E-state index >= 15 is 0 Å². The Morgan fingerprint density at radius 1 is 1.09 bits per heavy atom. The van der Waals surface area contributed by atoms with Gasteiger partial charge < -0.3 is 10.2 Å². The molecule has 7 nitrogen and oxygen atoms in total. The van der Waals surface area contributed by atoms with E-state index in [1.807, 2.05) is 37.3 Å². The summed E-state index contributed by atoms with van der Waals surface area (Å²) in [5.41, 5.74) is 2.12. The van der Waals surface area contributed by atoms with Gasteiger partial charge in [-0.2, -0.15) is 0 Å². The number of carbonyl (C=O) groups is 2. The standard InChI is InChI=1S/C26H34BrN3O4S/c1-19-16-23(14-15-24(19)27)30(35(3,33)34)18-25(31)29(17-21-10-6-4-7-11-21)20(2)26(32)28-22-12-8-5-9-13-22/h4,6-7,10-11,14-16,20,22H,5,8-9,12-13,17-18H2,1-3H3,(H,28,32). The highest BCUT2D eigenvalue weighted by atomic mass is 79.9. The number of hydrogen-bond donors (Lipinski definition) is 1. The van der Waals surface area contributed by atoms with E-state index in [1.54, 1.807) is 25.1 Å². The van der Waals surface area contributed by atoms with Gasteiger partial charge in [-0.05, 0) is 56.0 Å². The maximum absolute atomic E-state index is 13.6. The Balaban J connectivity index is 1.86. The van der Waals surface area contributed by atoms with Crippen LogP contribution in [0.25, 0.3) is 0 Å². The van der Waals surface area contributed by atoms with Gasteiger partial charge in [0.05, 0.1) is 11.9 Å². The number of anilines is 1. The highest BCUT2D eigenvalue weighted by molar-refractivity contribution is 9.10. The zero-order valence-corrected chi connectivity index (χ0v) is 22.9. The predicted molar refractivity (Wildman–Crippen MR) is 143 cm³/mol. The topological polar surface area (TPSA) is 86.8 Å². The number of carbonyl (C=O) groups excluding carboxylic acids is 2. The lowest BCUT2D eigenvalue weighted by Crippen LogP contribution is -2.52. The number of nitrogens with one attached hydrogen (secondary N) is 1. The summed E-state index contributed by atoms with van der Waals surface area (Å²) in [7, 11) is -3.75.